The van der Waals surface area contributed by atoms with Gasteiger partial charge in [-0.05, 0) is 23.8 Å². The van der Waals surface area contributed by atoms with Crippen molar-refractivity contribution >= 4 is 23.2 Å². The van der Waals surface area contributed by atoms with Crippen molar-refractivity contribution in [1.82, 2.24) is 9.80 Å². The highest BCUT2D eigenvalue weighted by Crippen LogP contribution is 2.27. The number of aliphatic hydroxyl groups excluding tert-OH is 1. The minimum Gasteiger partial charge on any atom is -0.489 e. The van der Waals surface area contributed by atoms with Crippen molar-refractivity contribution in [2.45, 2.75) is 12.6 Å². The standard InChI is InChI=1S/C20H24Cl2N2O2/c21-17-6-7-20(19(22)12-17)26-15-18(25)14-24-10-8-23(9-11-24)13-16-4-2-1-3-5-16/h1-7,12,18,25H,8-11,13-15H2/t18-/m0/s1. The van der Waals surface area contributed by atoms with E-state index in [1.54, 1.807) is 18.2 Å². The second-order valence-electron chi connectivity index (χ2n) is 6.60. The third-order valence-electron chi connectivity index (χ3n) is 4.51. The molecule has 0 aromatic heterocycles. The fraction of sp³-hybridized carbons (Fsp3) is 0.400. The molecule has 1 N–H and O–H groups in total. The van der Waals surface area contributed by atoms with Gasteiger partial charge in [0.2, 0.25) is 0 Å². The third kappa shape index (κ3) is 5.86. The van der Waals surface area contributed by atoms with E-state index in [1.165, 1.54) is 5.56 Å². The van der Waals surface area contributed by atoms with Gasteiger partial charge in [0.1, 0.15) is 18.5 Å². The van der Waals surface area contributed by atoms with Gasteiger partial charge in [-0.25, -0.2) is 0 Å². The number of β-amino-alcohol motifs (C(OH)–C–C–N with tert-alkyl or cyclic N) is 1. The van der Waals surface area contributed by atoms with Gasteiger partial charge in [-0.15, -0.1) is 0 Å². The molecule has 0 bridgehead atoms. The Morgan fingerprint density at radius 3 is 2.35 bits per heavy atom. The lowest BCUT2D eigenvalue weighted by atomic mass is 10.2. The van der Waals surface area contributed by atoms with Crippen LogP contribution in [-0.4, -0.2) is 60.3 Å². The summed E-state index contributed by atoms with van der Waals surface area (Å²) in [4.78, 5) is 4.72. The van der Waals surface area contributed by atoms with Gasteiger partial charge >= 0.3 is 0 Å². The molecule has 26 heavy (non-hydrogen) atoms. The van der Waals surface area contributed by atoms with E-state index in [4.69, 9.17) is 27.9 Å². The lowest BCUT2D eigenvalue weighted by molar-refractivity contribution is 0.0446. The van der Waals surface area contributed by atoms with Crippen molar-refractivity contribution in [3.05, 3.63) is 64.1 Å². The maximum atomic E-state index is 10.3. The zero-order valence-electron chi connectivity index (χ0n) is 14.7. The highest BCUT2D eigenvalue weighted by molar-refractivity contribution is 6.35. The molecule has 1 atom stereocenters. The van der Waals surface area contributed by atoms with Gasteiger partial charge in [0.15, 0.2) is 0 Å². The molecule has 1 saturated heterocycles. The smallest absolute Gasteiger partial charge is 0.138 e. The summed E-state index contributed by atoms with van der Waals surface area (Å²) in [6.45, 7) is 5.71. The number of rotatable bonds is 7. The number of hydrogen-bond acceptors (Lipinski definition) is 4. The normalized spacial score (nSPS) is 17.2. The zero-order valence-corrected chi connectivity index (χ0v) is 16.2. The molecular weight excluding hydrogens is 371 g/mol. The summed E-state index contributed by atoms with van der Waals surface area (Å²) in [5.74, 6) is 0.544. The third-order valence-corrected chi connectivity index (χ3v) is 5.04. The van der Waals surface area contributed by atoms with E-state index in [0.29, 0.717) is 22.3 Å². The Morgan fingerprint density at radius 2 is 1.65 bits per heavy atom. The topological polar surface area (TPSA) is 35.9 Å². The largest absolute Gasteiger partial charge is 0.489 e. The van der Waals surface area contributed by atoms with E-state index < -0.39 is 6.10 Å². The van der Waals surface area contributed by atoms with Crippen molar-refractivity contribution in [2.75, 3.05) is 39.3 Å². The van der Waals surface area contributed by atoms with Crippen LogP contribution in [0.4, 0.5) is 0 Å². The minimum atomic E-state index is -0.553. The molecule has 4 nitrogen and oxygen atoms in total. The summed E-state index contributed by atoms with van der Waals surface area (Å²) in [6, 6.07) is 15.6. The number of hydrogen-bond donors (Lipinski definition) is 1. The Hall–Kier alpha value is -1.30. The molecule has 0 amide bonds. The van der Waals surface area contributed by atoms with E-state index in [2.05, 4.69) is 34.1 Å². The lowest BCUT2D eigenvalue weighted by Crippen LogP contribution is -2.48. The second kappa shape index (κ2) is 9.58. The van der Waals surface area contributed by atoms with Crippen LogP contribution in [0, 0.1) is 0 Å². The second-order valence-corrected chi connectivity index (χ2v) is 7.45. The number of aliphatic hydroxyl groups is 1. The van der Waals surface area contributed by atoms with Crippen LogP contribution in [-0.2, 0) is 6.54 Å². The monoisotopic (exact) mass is 394 g/mol. The molecule has 3 rings (SSSR count). The molecule has 6 heteroatoms. The molecule has 140 valence electrons. The molecule has 1 aliphatic heterocycles. The highest BCUT2D eigenvalue weighted by atomic mass is 35.5. The number of halogens is 2. The van der Waals surface area contributed by atoms with Gasteiger partial charge in [0, 0.05) is 44.3 Å². The van der Waals surface area contributed by atoms with Crippen LogP contribution in [0.25, 0.3) is 0 Å². The lowest BCUT2D eigenvalue weighted by Gasteiger charge is -2.35. The average molecular weight is 395 g/mol. The molecule has 0 aliphatic carbocycles. The number of nitrogens with zero attached hydrogens (tertiary/aromatic N) is 2. The van der Waals surface area contributed by atoms with Crippen molar-refractivity contribution in [2.24, 2.45) is 0 Å². The molecule has 2 aromatic rings. The minimum absolute atomic E-state index is 0.214. The van der Waals surface area contributed by atoms with Gasteiger partial charge in [0.25, 0.3) is 0 Å². The average Bonchev–Trinajstić information content (AvgIpc) is 2.63. The summed E-state index contributed by atoms with van der Waals surface area (Å²) in [5.41, 5.74) is 1.34. The quantitative estimate of drug-likeness (QED) is 0.778. The zero-order chi connectivity index (χ0) is 18.4. The molecule has 0 saturated carbocycles. The summed E-state index contributed by atoms with van der Waals surface area (Å²) in [7, 11) is 0. The summed E-state index contributed by atoms with van der Waals surface area (Å²) in [6.07, 6.45) is -0.553. The Bertz CT molecular complexity index is 691. The molecule has 0 radical (unpaired) electrons. The van der Waals surface area contributed by atoms with E-state index in [9.17, 15) is 5.11 Å². The molecule has 0 spiro atoms. The molecule has 2 aromatic carbocycles. The van der Waals surface area contributed by atoms with E-state index in [0.717, 1.165) is 32.7 Å². The molecule has 1 heterocycles. The van der Waals surface area contributed by atoms with Crippen LogP contribution < -0.4 is 4.74 Å². The van der Waals surface area contributed by atoms with Gasteiger partial charge in [0.05, 0.1) is 5.02 Å². The maximum absolute atomic E-state index is 10.3. The van der Waals surface area contributed by atoms with Crippen LogP contribution >= 0.6 is 23.2 Å². The van der Waals surface area contributed by atoms with Crippen molar-refractivity contribution < 1.29 is 9.84 Å². The first kappa shape index (κ1) is 19.5. The number of ether oxygens (including phenoxy) is 1. The fourth-order valence-electron chi connectivity index (χ4n) is 3.10. The van der Waals surface area contributed by atoms with Crippen LogP contribution in [0.2, 0.25) is 10.0 Å². The summed E-state index contributed by atoms with van der Waals surface area (Å²) >= 11 is 12.0. The molecule has 0 unspecified atom stereocenters. The van der Waals surface area contributed by atoms with Crippen LogP contribution in [0.15, 0.2) is 48.5 Å². The van der Waals surface area contributed by atoms with E-state index in [-0.39, 0.29) is 6.61 Å². The molecular formula is C20H24Cl2N2O2. The molecule has 1 aliphatic rings. The Balaban J connectivity index is 1.38. The fourth-order valence-corrected chi connectivity index (χ4v) is 3.56. The van der Waals surface area contributed by atoms with Gasteiger partial charge in [-0.3, -0.25) is 9.80 Å². The van der Waals surface area contributed by atoms with Crippen LogP contribution in [0.3, 0.4) is 0 Å². The predicted molar refractivity (Wildman–Crippen MR) is 106 cm³/mol. The van der Waals surface area contributed by atoms with Crippen LogP contribution in [0.1, 0.15) is 5.56 Å². The maximum Gasteiger partial charge on any atom is 0.138 e. The van der Waals surface area contributed by atoms with Crippen molar-refractivity contribution in [3.8, 4) is 5.75 Å². The molecule has 1 fully saturated rings. The first-order valence-corrected chi connectivity index (χ1v) is 9.60. The number of piperazine rings is 1. The van der Waals surface area contributed by atoms with Gasteiger partial charge < -0.3 is 9.84 Å². The van der Waals surface area contributed by atoms with E-state index in [1.807, 2.05) is 6.07 Å². The predicted octanol–water partition coefficient (Wildman–Crippen LogP) is 3.55. The summed E-state index contributed by atoms with van der Waals surface area (Å²) < 4.78 is 5.62. The Morgan fingerprint density at radius 1 is 0.962 bits per heavy atom. The van der Waals surface area contributed by atoms with Gasteiger partial charge in [-0.2, -0.15) is 0 Å². The SMILES string of the molecule is O[C@H](COc1ccc(Cl)cc1Cl)CN1CCN(Cc2ccccc2)CC1. The van der Waals surface area contributed by atoms with Crippen molar-refractivity contribution in [3.63, 3.8) is 0 Å². The van der Waals surface area contributed by atoms with Crippen molar-refractivity contribution in [1.29, 1.82) is 0 Å². The highest BCUT2D eigenvalue weighted by Gasteiger charge is 2.19. The Labute approximate surface area is 164 Å². The first-order valence-electron chi connectivity index (χ1n) is 8.85. The van der Waals surface area contributed by atoms with Crippen LogP contribution in [0.5, 0.6) is 5.75 Å². The number of benzene rings is 2. The van der Waals surface area contributed by atoms with Gasteiger partial charge in [-0.1, -0.05) is 53.5 Å². The first-order chi connectivity index (χ1) is 12.6. The van der Waals surface area contributed by atoms with E-state index >= 15 is 0 Å². The summed E-state index contributed by atoms with van der Waals surface area (Å²) in [5, 5.41) is 11.3. The Kier molecular flexibility index (Phi) is 7.17.